The molecule has 6 nitrogen and oxygen atoms in total. The molecule has 1 aromatic rings. The Hall–Kier alpha value is -1.97. The molecule has 1 fully saturated rings. The van der Waals surface area contributed by atoms with Crippen molar-refractivity contribution in [1.82, 2.24) is 4.98 Å². The van der Waals surface area contributed by atoms with E-state index in [-0.39, 0.29) is 12.3 Å². The van der Waals surface area contributed by atoms with Gasteiger partial charge in [0.25, 0.3) is 0 Å². The molecule has 2 rings (SSSR count). The minimum absolute atomic E-state index is 0.0161. The molecule has 0 spiro atoms. The predicted molar refractivity (Wildman–Crippen MR) is 68.9 cm³/mol. The number of pyridine rings is 1. The number of carbonyl (C=O) groups is 1. The summed E-state index contributed by atoms with van der Waals surface area (Å²) in [5.74, 6) is -0.848. The van der Waals surface area contributed by atoms with Crippen LogP contribution in [-0.4, -0.2) is 29.3 Å². The highest BCUT2D eigenvalue weighted by molar-refractivity contribution is 5.66. The van der Waals surface area contributed by atoms with Crippen LogP contribution < -0.4 is 0 Å². The normalized spacial score (nSPS) is 16.8. The van der Waals surface area contributed by atoms with Crippen molar-refractivity contribution >= 4 is 5.97 Å². The van der Waals surface area contributed by atoms with E-state index in [2.05, 4.69) is 11.1 Å². The second kappa shape index (κ2) is 6.46. The summed E-state index contributed by atoms with van der Waals surface area (Å²) in [4.78, 5) is 14.9. The lowest BCUT2D eigenvalue weighted by Crippen LogP contribution is -2.06. The maximum absolute atomic E-state index is 10.6. The first kappa shape index (κ1) is 14.4. The van der Waals surface area contributed by atoms with E-state index < -0.39 is 12.3 Å². The molecule has 1 saturated heterocycles. The quantitative estimate of drug-likeness (QED) is 0.883. The van der Waals surface area contributed by atoms with Gasteiger partial charge in [0.1, 0.15) is 0 Å². The minimum atomic E-state index is -0.832. The van der Waals surface area contributed by atoms with Crippen molar-refractivity contribution in [3.8, 4) is 6.07 Å². The number of ether oxygens (including phenoxy) is 2. The summed E-state index contributed by atoms with van der Waals surface area (Å²) in [6.07, 6.45) is 1.63. The molecule has 1 aliphatic rings. The summed E-state index contributed by atoms with van der Waals surface area (Å²) in [6, 6.07) is 3.80. The average Bonchev–Trinajstić information content (AvgIpc) is 2.97. The molecule has 0 aromatic carbocycles. The van der Waals surface area contributed by atoms with Gasteiger partial charge in [0.15, 0.2) is 6.29 Å². The molecular weight excluding hydrogens is 260 g/mol. The van der Waals surface area contributed by atoms with Gasteiger partial charge in [-0.1, -0.05) is 6.92 Å². The summed E-state index contributed by atoms with van der Waals surface area (Å²) in [5.41, 5.74) is 1.80. The lowest BCUT2D eigenvalue weighted by Gasteiger charge is -2.14. The van der Waals surface area contributed by atoms with Gasteiger partial charge in [-0.25, -0.2) is 0 Å². The number of rotatable bonds is 5. The highest BCUT2D eigenvalue weighted by Gasteiger charge is 2.23. The molecular formula is C14H16N2O4. The van der Waals surface area contributed by atoms with Gasteiger partial charge in [-0.3, -0.25) is 9.78 Å². The number of aromatic nitrogens is 1. The Kier molecular flexibility index (Phi) is 4.66. The zero-order valence-corrected chi connectivity index (χ0v) is 11.2. The van der Waals surface area contributed by atoms with Gasteiger partial charge in [0.05, 0.1) is 24.8 Å². The maximum Gasteiger partial charge on any atom is 0.303 e. The van der Waals surface area contributed by atoms with Crippen LogP contribution >= 0.6 is 0 Å². The van der Waals surface area contributed by atoms with Crippen LogP contribution in [-0.2, 0) is 14.3 Å². The summed E-state index contributed by atoms with van der Waals surface area (Å²) in [5, 5.41) is 17.9. The van der Waals surface area contributed by atoms with Crippen molar-refractivity contribution in [1.29, 1.82) is 5.26 Å². The van der Waals surface area contributed by atoms with E-state index in [1.165, 1.54) is 0 Å². The van der Waals surface area contributed by atoms with Crippen LogP contribution in [0.4, 0.5) is 0 Å². The SMILES string of the molecule is CC(CCC(=O)O)c1cc(C#N)c(C2OCCO2)cn1. The summed E-state index contributed by atoms with van der Waals surface area (Å²) in [6.45, 7) is 2.91. The number of hydrogen-bond donors (Lipinski definition) is 1. The standard InChI is InChI=1S/C14H16N2O4/c1-9(2-3-13(17)18)12-6-10(7-15)11(8-16-12)14-19-4-5-20-14/h6,8-9,14H,2-5H2,1H3,(H,17,18). The van der Waals surface area contributed by atoms with E-state index in [4.69, 9.17) is 14.6 Å². The fourth-order valence-corrected chi connectivity index (χ4v) is 2.06. The van der Waals surface area contributed by atoms with Crippen LogP contribution in [0.1, 0.15) is 48.8 Å². The molecule has 0 bridgehead atoms. The molecule has 1 aromatic heterocycles. The highest BCUT2D eigenvalue weighted by Crippen LogP contribution is 2.28. The van der Waals surface area contributed by atoms with Crippen LogP contribution in [0.3, 0.4) is 0 Å². The van der Waals surface area contributed by atoms with Gasteiger partial charge in [-0.15, -0.1) is 0 Å². The molecule has 6 heteroatoms. The molecule has 0 saturated carbocycles. The summed E-state index contributed by atoms with van der Waals surface area (Å²) >= 11 is 0. The van der Waals surface area contributed by atoms with Crippen LogP contribution in [0.5, 0.6) is 0 Å². The van der Waals surface area contributed by atoms with Crippen molar-refractivity contribution in [3.05, 3.63) is 29.1 Å². The highest BCUT2D eigenvalue weighted by atomic mass is 16.7. The molecule has 106 valence electrons. The first-order valence-corrected chi connectivity index (χ1v) is 6.46. The van der Waals surface area contributed by atoms with Crippen LogP contribution in [0.2, 0.25) is 0 Å². The van der Waals surface area contributed by atoms with E-state index in [1.807, 2.05) is 6.92 Å². The first-order chi connectivity index (χ1) is 9.61. The van der Waals surface area contributed by atoms with Gasteiger partial charge < -0.3 is 14.6 Å². The molecule has 2 heterocycles. The third-order valence-corrected chi connectivity index (χ3v) is 3.25. The van der Waals surface area contributed by atoms with Crippen molar-refractivity contribution in [2.45, 2.75) is 32.0 Å². The van der Waals surface area contributed by atoms with Gasteiger partial charge >= 0.3 is 5.97 Å². The van der Waals surface area contributed by atoms with Gasteiger partial charge in [-0.05, 0) is 18.4 Å². The Labute approximate surface area is 117 Å². The van der Waals surface area contributed by atoms with Gasteiger partial charge in [0, 0.05) is 23.9 Å². The lowest BCUT2D eigenvalue weighted by molar-refractivity contribution is -0.137. The topological polar surface area (TPSA) is 92.4 Å². The van der Waals surface area contributed by atoms with E-state index in [0.29, 0.717) is 36.5 Å². The Morgan fingerprint density at radius 2 is 2.30 bits per heavy atom. The zero-order valence-electron chi connectivity index (χ0n) is 11.2. The van der Waals surface area contributed by atoms with Crippen LogP contribution in [0.15, 0.2) is 12.3 Å². The number of carboxylic acid groups (broad SMARTS) is 1. The van der Waals surface area contributed by atoms with Crippen molar-refractivity contribution in [2.24, 2.45) is 0 Å². The molecule has 1 unspecified atom stereocenters. The maximum atomic E-state index is 10.6. The second-order valence-electron chi connectivity index (χ2n) is 4.72. The molecule has 0 radical (unpaired) electrons. The monoisotopic (exact) mass is 276 g/mol. The van der Waals surface area contributed by atoms with Gasteiger partial charge in [-0.2, -0.15) is 5.26 Å². The van der Waals surface area contributed by atoms with E-state index in [9.17, 15) is 10.1 Å². The first-order valence-electron chi connectivity index (χ1n) is 6.46. The largest absolute Gasteiger partial charge is 0.481 e. The number of nitrogens with zero attached hydrogens (tertiary/aromatic N) is 2. The van der Waals surface area contributed by atoms with Crippen molar-refractivity contribution < 1.29 is 19.4 Å². The van der Waals surface area contributed by atoms with Gasteiger partial charge in [0.2, 0.25) is 0 Å². The lowest BCUT2D eigenvalue weighted by atomic mass is 9.98. The third kappa shape index (κ3) is 3.32. The smallest absolute Gasteiger partial charge is 0.303 e. The molecule has 20 heavy (non-hydrogen) atoms. The summed E-state index contributed by atoms with van der Waals surface area (Å²) in [7, 11) is 0. The third-order valence-electron chi connectivity index (χ3n) is 3.25. The Morgan fingerprint density at radius 3 is 2.90 bits per heavy atom. The Morgan fingerprint density at radius 1 is 1.60 bits per heavy atom. The predicted octanol–water partition coefficient (Wildman–Crippen LogP) is 1.97. The van der Waals surface area contributed by atoms with E-state index in [0.717, 1.165) is 0 Å². The van der Waals surface area contributed by atoms with E-state index in [1.54, 1.807) is 12.3 Å². The Bertz CT molecular complexity index is 532. The number of nitriles is 1. The average molecular weight is 276 g/mol. The molecule has 1 N–H and O–H groups in total. The fourth-order valence-electron chi connectivity index (χ4n) is 2.06. The molecule has 1 aliphatic heterocycles. The number of hydrogen-bond acceptors (Lipinski definition) is 5. The fraction of sp³-hybridized carbons (Fsp3) is 0.500. The molecule has 0 amide bonds. The molecule has 0 aliphatic carbocycles. The van der Waals surface area contributed by atoms with Crippen molar-refractivity contribution in [3.63, 3.8) is 0 Å². The Balaban J connectivity index is 2.16. The molecule has 1 atom stereocenters. The zero-order chi connectivity index (χ0) is 14.5. The number of aliphatic carboxylic acids is 1. The van der Waals surface area contributed by atoms with E-state index >= 15 is 0 Å². The van der Waals surface area contributed by atoms with Crippen LogP contribution in [0, 0.1) is 11.3 Å². The number of carboxylic acids is 1. The van der Waals surface area contributed by atoms with Crippen LogP contribution in [0.25, 0.3) is 0 Å². The summed E-state index contributed by atoms with van der Waals surface area (Å²) < 4.78 is 10.7. The minimum Gasteiger partial charge on any atom is -0.481 e. The van der Waals surface area contributed by atoms with Crippen molar-refractivity contribution in [2.75, 3.05) is 13.2 Å². The second-order valence-corrected chi connectivity index (χ2v) is 4.72.